The van der Waals surface area contributed by atoms with Crippen molar-refractivity contribution in [3.05, 3.63) is 0 Å². The van der Waals surface area contributed by atoms with Crippen molar-refractivity contribution in [3.8, 4) is 0 Å². The third kappa shape index (κ3) is 6.21. The number of likely N-dealkylation sites (N-methyl/N-ethyl adjacent to an activating group) is 1. The molecule has 114 valence electrons. The third-order valence-electron chi connectivity index (χ3n) is 4.27. The summed E-state index contributed by atoms with van der Waals surface area (Å²) in [5.41, 5.74) is -0.0994. The van der Waals surface area contributed by atoms with Crippen LogP contribution < -0.4 is 5.32 Å². The van der Waals surface area contributed by atoms with E-state index in [4.69, 9.17) is 4.74 Å². The Labute approximate surface area is 118 Å². The normalized spacial score (nSPS) is 21.5. The molecular formula is C15H32N2O2. The van der Waals surface area contributed by atoms with Crippen molar-refractivity contribution in [2.45, 2.75) is 57.6 Å². The SMILES string of the molecule is CCNC(C)(CO)CCCCN1CCC(OC)CC1. The summed E-state index contributed by atoms with van der Waals surface area (Å²) in [7, 11) is 1.82. The minimum absolute atomic E-state index is 0.0994. The lowest BCUT2D eigenvalue weighted by molar-refractivity contribution is 0.0404. The molecular weight excluding hydrogens is 240 g/mol. The Morgan fingerprint density at radius 3 is 2.53 bits per heavy atom. The fourth-order valence-corrected chi connectivity index (χ4v) is 2.87. The van der Waals surface area contributed by atoms with Gasteiger partial charge in [0, 0.05) is 25.7 Å². The zero-order valence-electron chi connectivity index (χ0n) is 13.0. The van der Waals surface area contributed by atoms with Gasteiger partial charge in [0.15, 0.2) is 0 Å². The summed E-state index contributed by atoms with van der Waals surface area (Å²) in [5, 5.41) is 12.8. The molecule has 4 heteroatoms. The second-order valence-electron chi connectivity index (χ2n) is 5.98. The molecule has 0 amide bonds. The first kappa shape index (κ1) is 16.9. The summed E-state index contributed by atoms with van der Waals surface area (Å²) >= 11 is 0. The molecule has 0 saturated carbocycles. The second-order valence-corrected chi connectivity index (χ2v) is 5.98. The Kier molecular flexibility index (Phi) is 7.91. The predicted octanol–water partition coefficient (Wildman–Crippen LogP) is 1.63. The Hall–Kier alpha value is -0.160. The van der Waals surface area contributed by atoms with Crippen LogP contribution in [0.4, 0.5) is 0 Å². The van der Waals surface area contributed by atoms with Crippen molar-refractivity contribution in [3.63, 3.8) is 0 Å². The first-order valence-electron chi connectivity index (χ1n) is 7.74. The van der Waals surface area contributed by atoms with E-state index in [-0.39, 0.29) is 12.1 Å². The molecule has 1 fully saturated rings. The number of hydrogen-bond donors (Lipinski definition) is 2. The highest BCUT2D eigenvalue weighted by Crippen LogP contribution is 2.16. The smallest absolute Gasteiger partial charge is 0.0610 e. The van der Waals surface area contributed by atoms with Crippen molar-refractivity contribution in [2.24, 2.45) is 0 Å². The third-order valence-corrected chi connectivity index (χ3v) is 4.27. The number of ether oxygens (including phenoxy) is 1. The molecule has 0 radical (unpaired) electrons. The zero-order chi connectivity index (χ0) is 14.1. The Morgan fingerprint density at radius 2 is 2.00 bits per heavy atom. The number of unbranched alkanes of at least 4 members (excludes halogenated alkanes) is 1. The average molecular weight is 272 g/mol. The second kappa shape index (κ2) is 8.90. The molecule has 0 aromatic rings. The van der Waals surface area contributed by atoms with E-state index in [0.29, 0.717) is 6.10 Å². The molecule has 1 aliphatic rings. The van der Waals surface area contributed by atoms with Gasteiger partial charge in [0.05, 0.1) is 12.7 Å². The maximum Gasteiger partial charge on any atom is 0.0610 e. The van der Waals surface area contributed by atoms with Gasteiger partial charge >= 0.3 is 0 Å². The molecule has 1 atom stereocenters. The highest BCUT2D eigenvalue weighted by Gasteiger charge is 2.22. The van der Waals surface area contributed by atoms with E-state index < -0.39 is 0 Å². The van der Waals surface area contributed by atoms with Crippen LogP contribution in [0.5, 0.6) is 0 Å². The molecule has 0 aromatic carbocycles. The Morgan fingerprint density at radius 1 is 1.32 bits per heavy atom. The lowest BCUT2D eigenvalue weighted by Crippen LogP contribution is -2.45. The standard InChI is InChI=1S/C15H32N2O2/c1-4-16-15(2,13-18)9-5-6-10-17-11-7-14(19-3)8-12-17/h14,16,18H,4-13H2,1-3H3. The van der Waals surface area contributed by atoms with E-state index in [1.807, 2.05) is 7.11 Å². The fourth-order valence-electron chi connectivity index (χ4n) is 2.87. The van der Waals surface area contributed by atoms with E-state index in [2.05, 4.69) is 24.1 Å². The predicted molar refractivity (Wildman–Crippen MR) is 79.5 cm³/mol. The molecule has 1 saturated heterocycles. The number of rotatable bonds is 9. The van der Waals surface area contributed by atoms with Crippen LogP contribution in [0.3, 0.4) is 0 Å². The molecule has 0 aliphatic carbocycles. The summed E-state index contributed by atoms with van der Waals surface area (Å²) in [6.07, 6.45) is 6.26. The summed E-state index contributed by atoms with van der Waals surface area (Å²) in [5.74, 6) is 0. The van der Waals surface area contributed by atoms with Crippen molar-refractivity contribution in [1.82, 2.24) is 10.2 Å². The number of likely N-dealkylation sites (tertiary alicyclic amines) is 1. The van der Waals surface area contributed by atoms with E-state index in [1.165, 1.54) is 45.3 Å². The molecule has 0 bridgehead atoms. The van der Waals surface area contributed by atoms with Crippen LogP contribution in [0, 0.1) is 0 Å². The van der Waals surface area contributed by atoms with Gasteiger partial charge in [-0.3, -0.25) is 0 Å². The number of aliphatic hydroxyl groups excluding tert-OH is 1. The average Bonchev–Trinajstić information content (AvgIpc) is 2.44. The summed E-state index contributed by atoms with van der Waals surface area (Å²) < 4.78 is 5.39. The largest absolute Gasteiger partial charge is 0.394 e. The first-order valence-corrected chi connectivity index (χ1v) is 7.74. The van der Waals surface area contributed by atoms with Crippen LogP contribution >= 0.6 is 0 Å². The molecule has 0 aromatic heterocycles. The first-order chi connectivity index (χ1) is 9.13. The minimum Gasteiger partial charge on any atom is -0.394 e. The molecule has 0 spiro atoms. The van der Waals surface area contributed by atoms with Gasteiger partial charge in [0.25, 0.3) is 0 Å². The van der Waals surface area contributed by atoms with Crippen LogP contribution in [0.15, 0.2) is 0 Å². The van der Waals surface area contributed by atoms with Gasteiger partial charge in [0.2, 0.25) is 0 Å². The summed E-state index contributed by atoms with van der Waals surface area (Å²) in [6.45, 7) is 8.87. The molecule has 4 nitrogen and oxygen atoms in total. The summed E-state index contributed by atoms with van der Waals surface area (Å²) in [4.78, 5) is 2.54. The van der Waals surface area contributed by atoms with Gasteiger partial charge in [-0.25, -0.2) is 0 Å². The van der Waals surface area contributed by atoms with E-state index >= 15 is 0 Å². The quantitative estimate of drug-likeness (QED) is 0.626. The maximum absolute atomic E-state index is 9.43. The number of hydrogen-bond acceptors (Lipinski definition) is 4. The molecule has 1 heterocycles. The van der Waals surface area contributed by atoms with Crippen molar-refractivity contribution >= 4 is 0 Å². The van der Waals surface area contributed by atoms with Gasteiger partial charge in [0.1, 0.15) is 0 Å². The molecule has 2 N–H and O–H groups in total. The van der Waals surface area contributed by atoms with Crippen LogP contribution in [0.2, 0.25) is 0 Å². The van der Waals surface area contributed by atoms with Crippen molar-refractivity contribution in [1.29, 1.82) is 0 Å². The van der Waals surface area contributed by atoms with Gasteiger partial charge in [-0.05, 0) is 45.7 Å². The molecule has 1 aliphatic heterocycles. The van der Waals surface area contributed by atoms with Crippen LogP contribution in [-0.4, -0.2) is 61.5 Å². The fraction of sp³-hybridized carbons (Fsp3) is 1.00. The molecule has 19 heavy (non-hydrogen) atoms. The van der Waals surface area contributed by atoms with Crippen LogP contribution in [-0.2, 0) is 4.74 Å². The number of methoxy groups -OCH3 is 1. The van der Waals surface area contributed by atoms with E-state index in [0.717, 1.165) is 13.0 Å². The van der Waals surface area contributed by atoms with Gasteiger partial charge < -0.3 is 20.1 Å². The highest BCUT2D eigenvalue weighted by molar-refractivity contribution is 4.81. The number of piperidine rings is 1. The molecule has 1 unspecified atom stereocenters. The lowest BCUT2D eigenvalue weighted by atomic mass is 9.95. The van der Waals surface area contributed by atoms with Crippen molar-refractivity contribution in [2.75, 3.05) is 39.9 Å². The number of aliphatic hydroxyl groups is 1. The summed E-state index contributed by atoms with van der Waals surface area (Å²) in [6, 6.07) is 0. The van der Waals surface area contributed by atoms with Crippen molar-refractivity contribution < 1.29 is 9.84 Å². The monoisotopic (exact) mass is 272 g/mol. The Bertz CT molecular complexity index is 230. The van der Waals surface area contributed by atoms with Gasteiger partial charge in [-0.15, -0.1) is 0 Å². The lowest BCUT2D eigenvalue weighted by Gasteiger charge is -2.32. The number of nitrogens with zero attached hydrogens (tertiary/aromatic N) is 1. The minimum atomic E-state index is -0.0994. The maximum atomic E-state index is 9.43. The van der Waals surface area contributed by atoms with Gasteiger partial charge in [-0.1, -0.05) is 13.3 Å². The number of nitrogens with one attached hydrogen (secondary N) is 1. The topological polar surface area (TPSA) is 44.7 Å². The van der Waals surface area contributed by atoms with Crippen LogP contribution in [0.1, 0.15) is 46.0 Å². The van der Waals surface area contributed by atoms with E-state index in [9.17, 15) is 5.11 Å². The van der Waals surface area contributed by atoms with E-state index in [1.54, 1.807) is 0 Å². The zero-order valence-corrected chi connectivity index (χ0v) is 13.0. The highest BCUT2D eigenvalue weighted by atomic mass is 16.5. The van der Waals surface area contributed by atoms with Crippen LogP contribution in [0.25, 0.3) is 0 Å². The van der Waals surface area contributed by atoms with Gasteiger partial charge in [-0.2, -0.15) is 0 Å². The molecule has 1 rings (SSSR count). The Balaban J connectivity index is 2.10.